The van der Waals surface area contributed by atoms with Gasteiger partial charge in [0.15, 0.2) is 6.10 Å². The van der Waals surface area contributed by atoms with Gasteiger partial charge >= 0.3 is 5.97 Å². The third-order valence-electron chi connectivity index (χ3n) is 6.76. The van der Waals surface area contributed by atoms with Gasteiger partial charge in [0.05, 0.1) is 13.2 Å². The Hall–Kier alpha value is -4.13. The van der Waals surface area contributed by atoms with Gasteiger partial charge in [-0.2, -0.15) is 0 Å². The van der Waals surface area contributed by atoms with Crippen molar-refractivity contribution in [3.8, 4) is 11.5 Å². The van der Waals surface area contributed by atoms with Crippen molar-refractivity contribution < 1.29 is 29.2 Å². The lowest BCUT2D eigenvalue weighted by Gasteiger charge is -2.16. The Morgan fingerprint density at radius 2 is 1.40 bits per heavy atom. The number of carbonyl (C=O) groups is 1. The van der Waals surface area contributed by atoms with E-state index in [1.165, 1.54) is 12.7 Å². The molecule has 6 heteroatoms. The second-order valence-corrected chi connectivity index (χ2v) is 9.63. The normalized spacial score (nSPS) is 12.4. The molecule has 0 spiro atoms. The predicted molar refractivity (Wildman–Crippen MR) is 155 cm³/mol. The average molecular weight is 541 g/mol. The molecule has 2 unspecified atom stereocenters. The zero-order valence-electron chi connectivity index (χ0n) is 22.7. The fourth-order valence-electron chi connectivity index (χ4n) is 4.51. The highest BCUT2D eigenvalue weighted by Crippen LogP contribution is 2.25. The molecule has 0 aliphatic heterocycles. The molecule has 0 heterocycles. The summed E-state index contributed by atoms with van der Waals surface area (Å²) in [6.45, 7) is 0.977. The Balaban J connectivity index is 1.31. The molecule has 2 N–H and O–H groups in total. The molecule has 0 aromatic heterocycles. The summed E-state index contributed by atoms with van der Waals surface area (Å²) in [6.07, 6.45) is 1.05. The number of carboxylic acid groups (broad SMARTS) is 1. The molecule has 4 aromatic rings. The number of aliphatic carboxylic acids is 1. The van der Waals surface area contributed by atoms with Gasteiger partial charge in [0, 0.05) is 20.0 Å². The van der Waals surface area contributed by atoms with Crippen molar-refractivity contribution in [2.24, 2.45) is 0 Å². The SMILES string of the molecule is COC(Cc1ccc(OCCCOc2ccc(C(O)c3ccccc3)cc2)c(CCc2ccccc2)c1)C(=O)O. The van der Waals surface area contributed by atoms with Crippen molar-refractivity contribution in [2.75, 3.05) is 20.3 Å². The smallest absolute Gasteiger partial charge is 0.333 e. The van der Waals surface area contributed by atoms with Crippen LogP contribution in [0.4, 0.5) is 0 Å². The summed E-state index contributed by atoms with van der Waals surface area (Å²) >= 11 is 0. The van der Waals surface area contributed by atoms with Crippen LogP contribution >= 0.6 is 0 Å². The first-order valence-electron chi connectivity index (χ1n) is 13.5. The average Bonchev–Trinajstić information content (AvgIpc) is 3.00. The van der Waals surface area contributed by atoms with Gasteiger partial charge in [-0.3, -0.25) is 0 Å². The first-order chi connectivity index (χ1) is 19.5. The standard InChI is InChI=1S/C34H36O6/c1-38-32(34(36)37)24-26-14-20-31(29(23-26)15-13-25-9-4-2-5-10-25)40-22-8-21-39-30-18-16-28(17-19-30)33(35)27-11-6-3-7-12-27/h2-7,9-12,14,16-20,23,32-33,35H,8,13,15,21-22,24H2,1H3,(H,36,37). The van der Waals surface area contributed by atoms with Crippen molar-refractivity contribution in [3.05, 3.63) is 131 Å². The summed E-state index contributed by atoms with van der Waals surface area (Å²) in [6, 6.07) is 33.1. The predicted octanol–water partition coefficient (Wildman–Crippen LogP) is 6.04. The van der Waals surface area contributed by atoms with Crippen molar-refractivity contribution in [1.82, 2.24) is 0 Å². The lowest BCUT2D eigenvalue weighted by atomic mass is 9.99. The van der Waals surface area contributed by atoms with Gasteiger partial charge in [-0.05, 0) is 58.9 Å². The van der Waals surface area contributed by atoms with E-state index in [0.29, 0.717) is 26.1 Å². The molecule has 0 amide bonds. The van der Waals surface area contributed by atoms with E-state index in [4.69, 9.17) is 14.2 Å². The minimum absolute atomic E-state index is 0.291. The van der Waals surface area contributed by atoms with Crippen LogP contribution in [0.2, 0.25) is 0 Å². The van der Waals surface area contributed by atoms with Crippen molar-refractivity contribution in [3.63, 3.8) is 0 Å². The van der Waals surface area contributed by atoms with Crippen LogP contribution < -0.4 is 9.47 Å². The maximum atomic E-state index is 11.4. The van der Waals surface area contributed by atoms with Crippen molar-refractivity contribution in [1.29, 1.82) is 0 Å². The molecule has 40 heavy (non-hydrogen) atoms. The van der Waals surface area contributed by atoms with Crippen LogP contribution in [0.5, 0.6) is 11.5 Å². The first kappa shape index (κ1) is 28.9. The van der Waals surface area contributed by atoms with Gasteiger partial charge in [-0.1, -0.05) is 84.9 Å². The molecule has 0 radical (unpaired) electrons. The van der Waals surface area contributed by atoms with E-state index < -0.39 is 18.2 Å². The molecular weight excluding hydrogens is 504 g/mol. The van der Waals surface area contributed by atoms with Gasteiger partial charge < -0.3 is 24.4 Å². The zero-order valence-corrected chi connectivity index (χ0v) is 22.7. The van der Waals surface area contributed by atoms with Gasteiger partial charge in [0.2, 0.25) is 0 Å². The number of benzene rings is 4. The fraction of sp³-hybridized carbons (Fsp3) is 0.265. The summed E-state index contributed by atoms with van der Waals surface area (Å²) in [5, 5.41) is 19.9. The second kappa shape index (κ2) is 14.9. The minimum atomic E-state index is -0.976. The van der Waals surface area contributed by atoms with Crippen LogP contribution in [0.25, 0.3) is 0 Å². The molecule has 0 aliphatic carbocycles. The number of hydrogen-bond acceptors (Lipinski definition) is 5. The first-order valence-corrected chi connectivity index (χ1v) is 13.5. The number of aliphatic hydroxyl groups is 1. The lowest BCUT2D eigenvalue weighted by molar-refractivity contribution is -0.148. The lowest BCUT2D eigenvalue weighted by Crippen LogP contribution is -2.24. The third-order valence-corrected chi connectivity index (χ3v) is 6.76. The number of aryl methyl sites for hydroxylation is 2. The largest absolute Gasteiger partial charge is 0.493 e. The Morgan fingerprint density at radius 1 is 0.750 bits per heavy atom. The maximum Gasteiger partial charge on any atom is 0.333 e. The van der Waals surface area contributed by atoms with E-state index in [2.05, 4.69) is 12.1 Å². The highest BCUT2D eigenvalue weighted by atomic mass is 16.5. The number of methoxy groups -OCH3 is 1. The molecule has 0 aliphatic rings. The number of aliphatic hydroxyl groups excluding tert-OH is 1. The number of hydrogen-bond donors (Lipinski definition) is 2. The monoisotopic (exact) mass is 540 g/mol. The van der Waals surface area contributed by atoms with Crippen molar-refractivity contribution >= 4 is 5.97 Å². The fourth-order valence-corrected chi connectivity index (χ4v) is 4.51. The van der Waals surface area contributed by atoms with Crippen LogP contribution in [0.1, 0.15) is 40.3 Å². The van der Waals surface area contributed by atoms with E-state index in [-0.39, 0.29) is 0 Å². The van der Waals surface area contributed by atoms with E-state index in [9.17, 15) is 15.0 Å². The molecule has 4 rings (SSSR count). The number of rotatable bonds is 15. The zero-order chi connectivity index (χ0) is 28.2. The van der Waals surface area contributed by atoms with E-state index in [1.807, 2.05) is 91.0 Å². The molecule has 2 atom stereocenters. The van der Waals surface area contributed by atoms with Crippen molar-refractivity contribution in [2.45, 2.75) is 37.9 Å². The van der Waals surface area contributed by atoms with Crippen LogP contribution in [0, 0.1) is 0 Å². The topological polar surface area (TPSA) is 85.2 Å². The Kier molecular flexibility index (Phi) is 10.7. The molecule has 0 fully saturated rings. The molecule has 6 nitrogen and oxygen atoms in total. The molecule has 0 bridgehead atoms. The van der Waals surface area contributed by atoms with E-state index in [0.717, 1.165) is 46.6 Å². The minimum Gasteiger partial charge on any atom is -0.493 e. The molecule has 4 aromatic carbocycles. The van der Waals surface area contributed by atoms with Crippen LogP contribution in [-0.2, 0) is 28.8 Å². The molecule has 208 valence electrons. The van der Waals surface area contributed by atoms with Gasteiger partial charge in [-0.15, -0.1) is 0 Å². The number of carboxylic acids is 1. The Morgan fingerprint density at radius 3 is 2.08 bits per heavy atom. The summed E-state index contributed by atoms with van der Waals surface area (Å²) in [5.74, 6) is 0.557. The quantitative estimate of drug-likeness (QED) is 0.179. The van der Waals surface area contributed by atoms with Crippen LogP contribution in [-0.4, -0.2) is 42.6 Å². The van der Waals surface area contributed by atoms with Crippen LogP contribution in [0.3, 0.4) is 0 Å². The summed E-state index contributed by atoms with van der Waals surface area (Å²) in [7, 11) is 1.41. The van der Waals surface area contributed by atoms with Gasteiger partial charge in [-0.25, -0.2) is 4.79 Å². The van der Waals surface area contributed by atoms with Gasteiger partial charge in [0.1, 0.15) is 17.6 Å². The Bertz CT molecular complexity index is 1320. The molecule has 0 saturated heterocycles. The summed E-state index contributed by atoms with van der Waals surface area (Å²) in [4.78, 5) is 11.4. The van der Waals surface area contributed by atoms with E-state index >= 15 is 0 Å². The summed E-state index contributed by atoms with van der Waals surface area (Å²) in [5.41, 5.74) is 4.83. The molecular formula is C34H36O6. The molecule has 0 saturated carbocycles. The highest BCUT2D eigenvalue weighted by Gasteiger charge is 2.18. The second-order valence-electron chi connectivity index (χ2n) is 9.63. The summed E-state index contributed by atoms with van der Waals surface area (Å²) < 4.78 is 17.1. The van der Waals surface area contributed by atoms with E-state index in [1.54, 1.807) is 0 Å². The number of ether oxygens (including phenoxy) is 3. The maximum absolute atomic E-state index is 11.4. The Labute approximate surface area is 235 Å². The highest BCUT2D eigenvalue weighted by molar-refractivity contribution is 5.72. The van der Waals surface area contributed by atoms with Crippen LogP contribution in [0.15, 0.2) is 103 Å². The third kappa shape index (κ3) is 8.43. The van der Waals surface area contributed by atoms with Gasteiger partial charge in [0.25, 0.3) is 0 Å².